The smallest absolute Gasteiger partial charge is 0.309 e. The van der Waals surface area contributed by atoms with Crippen molar-refractivity contribution in [1.82, 2.24) is 14.6 Å². The second-order valence-corrected chi connectivity index (χ2v) is 9.14. The lowest BCUT2D eigenvalue weighted by molar-refractivity contribution is -0.163. The predicted molar refractivity (Wildman–Crippen MR) is 115 cm³/mol. The third-order valence-electron chi connectivity index (χ3n) is 6.06. The number of hydrogen-bond acceptors (Lipinski definition) is 10. The zero-order valence-electron chi connectivity index (χ0n) is 19.3. The van der Waals surface area contributed by atoms with E-state index in [9.17, 15) is 20.0 Å². The maximum Gasteiger partial charge on any atom is 0.309 e. The number of nitrogens with zero attached hydrogens (tertiary/aromatic N) is 4. The van der Waals surface area contributed by atoms with Crippen LogP contribution in [0.5, 0.6) is 0 Å². The second-order valence-electron chi connectivity index (χ2n) is 9.14. The van der Waals surface area contributed by atoms with Gasteiger partial charge in [0.25, 0.3) is 0 Å². The Bertz CT molecular complexity index is 1090. The van der Waals surface area contributed by atoms with Gasteiger partial charge in [-0.3, -0.25) is 9.59 Å². The first-order valence-electron chi connectivity index (χ1n) is 10.7. The van der Waals surface area contributed by atoms with E-state index in [4.69, 9.17) is 19.9 Å². The summed E-state index contributed by atoms with van der Waals surface area (Å²) in [6.45, 7) is 8.76. The molecule has 11 nitrogen and oxygen atoms in total. The van der Waals surface area contributed by atoms with E-state index in [-0.39, 0.29) is 30.0 Å². The van der Waals surface area contributed by atoms with Gasteiger partial charge in [-0.25, -0.2) is 9.50 Å². The van der Waals surface area contributed by atoms with Crippen LogP contribution in [0, 0.1) is 22.7 Å². The van der Waals surface area contributed by atoms with Crippen LogP contribution in [0.2, 0.25) is 0 Å². The zero-order chi connectivity index (χ0) is 24.6. The van der Waals surface area contributed by atoms with Gasteiger partial charge in [-0.2, -0.15) is 10.4 Å². The van der Waals surface area contributed by atoms with Crippen molar-refractivity contribution < 1.29 is 28.9 Å². The van der Waals surface area contributed by atoms with Gasteiger partial charge in [-0.15, -0.1) is 0 Å². The third-order valence-corrected chi connectivity index (χ3v) is 6.06. The van der Waals surface area contributed by atoms with Crippen LogP contribution in [0.1, 0.15) is 46.7 Å². The topological polar surface area (TPSA) is 162 Å². The molecule has 11 heteroatoms. The first kappa shape index (κ1) is 24.4. The van der Waals surface area contributed by atoms with E-state index in [2.05, 4.69) is 10.1 Å². The predicted octanol–water partition coefficient (Wildman–Crippen LogP) is 1.34. The fourth-order valence-electron chi connectivity index (χ4n) is 3.55. The Morgan fingerprint density at radius 2 is 2.12 bits per heavy atom. The average Bonchev–Trinajstić information content (AvgIpc) is 3.32. The lowest BCUT2D eigenvalue weighted by atomic mass is 9.82. The van der Waals surface area contributed by atoms with Crippen molar-refractivity contribution in [3.63, 3.8) is 0 Å². The number of carbonyl (C=O) groups is 2. The van der Waals surface area contributed by atoms with E-state index in [1.54, 1.807) is 19.9 Å². The van der Waals surface area contributed by atoms with Crippen LogP contribution in [0.4, 0.5) is 5.82 Å². The molecule has 0 amide bonds. The van der Waals surface area contributed by atoms with Gasteiger partial charge in [0.2, 0.25) is 5.60 Å². The summed E-state index contributed by atoms with van der Waals surface area (Å²) in [6.07, 6.45) is -2.67. The Labute approximate surface area is 191 Å². The summed E-state index contributed by atoms with van der Waals surface area (Å²) in [5.74, 6) is -1.31. The summed E-state index contributed by atoms with van der Waals surface area (Å²) >= 11 is 0. The normalized spacial score (nSPS) is 26.0. The standard InChI is InChI=1S/C22H29N5O6/c1-6-16(28)32-17-14(9-31-20(30)12(2)21(3,4)5)33-22(10-23,18(17)29)15-8-7-13-19(24)25-11-26-27(13)15/h7-8,11-12,14,17-18,29H,6,9H2,1-5H3,(H2,24,25,26)/t12-,14-,17-,18-,22+/m1/s1. The summed E-state index contributed by atoms with van der Waals surface area (Å²) in [7, 11) is 0. The molecule has 33 heavy (non-hydrogen) atoms. The molecule has 1 aliphatic rings. The van der Waals surface area contributed by atoms with Gasteiger partial charge in [0.15, 0.2) is 11.9 Å². The lowest BCUT2D eigenvalue weighted by Gasteiger charge is -2.26. The molecule has 3 N–H and O–H groups in total. The summed E-state index contributed by atoms with van der Waals surface area (Å²) in [5, 5.41) is 25.4. The second kappa shape index (κ2) is 8.96. The Morgan fingerprint density at radius 1 is 1.42 bits per heavy atom. The number of nitrogen functional groups attached to an aromatic ring is 1. The molecule has 0 aliphatic carbocycles. The molecule has 2 aromatic heterocycles. The largest absolute Gasteiger partial charge is 0.463 e. The van der Waals surface area contributed by atoms with Gasteiger partial charge >= 0.3 is 11.9 Å². The van der Waals surface area contributed by atoms with Crippen molar-refractivity contribution in [1.29, 1.82) is 5.26 Å². The molecular weight excluding hydrogens is 430 g/mol. The number of ether oxygens (including phenoxy) is 3. The summed E-state index contributed by atoms with van der Waals surface area (Å²) < 4.78 is 18.2. The summed E-state index contributed by atoms with van der Waals surface area (Å²) in [5.41, 5.74) is 4.18. The van der Waals surface area contributed by atoms with Crippen LogP contribution in [-0.2, 0) is 29.4 Å². The number of aliphatic hydroxyl groups is 1. The molecule has 3 heterocycles. The van der Waals surface area contributed by atoms with Gasteiger partial charge in [-0.05, 0) is 17.5 Å². The highest BCUT2D eigenvalue weighted by atomic mass is 16.6. The number of esters is 2. The van der Waals surface area contributed by atoms with E-state index in [1.807, 2.05) is 26.8 Å². The summed E-state index contributed by atoms with van der Waals surface area (Å²) in [6, 6.07) is 5.12. The van der Waals surface area contributed by atoms with Crippen LogP contribution in [0.3, 0.4) is 0 Å². The van der Waals surface area contributed by atoms with Gasteiger partial charge in [0.1, 0.15) is 36.7 Å². The van der Waals surface area contributed by atoms with Crippen molar-refractivity contribution in [3.05, 3.63) is 24.2 Å². The highest BCUT2D eigenvalue weighted by Crippen LogP contribution is 2.42. The molecule has 2 aromatic rings. The number of carbonyl (C=O) groups excluding carboxylic acids is 2. The fourth-order valence-corrected chi connectivity index (χ4v) is 3.55. The average molecular weight is 460 g/mol. The van der Waals surface area contributed by atoms with Crippen molar-refractivity contribution in [3.8, 4) is 6.07 Å². The number of nitriles is 1. The minimum atomic E-state index is -1.96. The molecule has 0 saturated carbocycles. The van der Waals surface area contributed by atoms with E-state index >= 15 is 0 Å². The summed E-state index contributed by atoms with van der Waals surface area (Å²) in [4.78, 5) is 28.5. The fraction of sp³-hybridized carbons (Fsp3) is 0.591. The molecule has 0 bridgehead atoms. The van der Waals surface area contributed by atoms with E-state index in [0.717, 1.165) is 0 Å². The minimum absolute atomic E-state index is 0.0498. The number of aliphatic hydroxyl groups excluding tert-OH is 1. The molecule has 0 radical (unpaired) electrons. The number of hydrogen-bond donors (Lipinski definition) is 2. The highest BCUT2D eigenvalue weighted by molar-refractivity contribution is 5.73. The van der Waals surface area contributed by atoms with Gasteiger partial charge in [0, 0.05) is 6.42 Å². The van der Waals surface area contributed by atoms with E-state index in [0.29, 0.717) is 5.52 Å². The molecule has 1 saturated heterocycles. The molecule has 3 rings (SSSR count). The van der Waals surface area contributed by atoms with Crippen LogP contribution in [0.25, 0.3) is 5.52 Å². The van der Waals surface area contributed by atoms with E-state index in [1.165, 1.54) is 16.9 Å². The van der Waals surface area contributed by atoms with Crippen LogP contribution >= 0.6 is 0 Å². The van der Waals surface area contributed by atoms with Crippen molar-refractivity contribution in [2.45, 2.75) is 65.0 Å². The number of fused-ring (bicyclic) bond motifs is 1. The molecular formula is C22H29N5O6. The Hall–Kier alpha value is -3.23. The lowest BCUT2D eigenvalue weighted by Crippen LogP contribution is -2.43. The number of nitrogens with two attached hydrogens (primary N) is 1. The molecule has 5 atom stereocenters. The minimum Gasteiger partial charge on any atom is -0.463 e. The van der Waals surface area contributed by atoms with Crippen molar-refractivity contribution >= 4 is 23.3 Å². The molecule has 0 spiro atoms. The Morgan fingerprint density at radius 3 is 2.73 bits per heavy atom. The molecule has 0 aromatic carbocycles. The maximum absolute atomic E-state index is 12.5. The first-order chi connectivity index (χ1) is 15.5. The van der Waals surface area contributed by atoms with Gasteiger partial charge in [0.05, 0.1) is 11.6 Å². The van der Waals surface area contributed by atoms with Crippen LogP contribution < -0.4 is 5.73 Å². The van der Waals surface area contributed by atoms with Gasteiger partial charge in [-0.1, -0.05) is 34.6 Å². The zero-order valence-corrected chi connectivity index (χ0v) is 19.3. The van der Waals surface area contributed by atoms with Gasteiger partial charge < -0.3 is 25.1 Å². The maximum atomic E-state index is 12.5. The monoisotopic (exact) mass is 459 g/mol. The molecule has 0 unspecified atom stereocenters. The van der Waals surface area contributed by atoms with Crippen molar-refractivity contribution in [2.24, 2.45) is 11.3 Å². The molecule has 1 fully saturated rings. The quantitative estimate of drug-likeness (QED) is 0.603. The Kier molecular flexibility index (Phi) is 6.63. The highest BCUT2D eigenvalue weighted by Gasteiger charge is 2.60. The van der Waals surface area contributed by atoms with E-state index < -0.39 is 41.8 Å². The van der Waals surface area contributed by atoms with Crippen molar-refractivity contribution in [2.75, 3.05) is 12.3 Å². The first-order valence-corrected chi connectivity index (χ1v) is 10.7. The van der Waals surface area contributed by atoms with Crippen LogP contribution in [0.15, 0.2) is 18.5 Å². The van der Waals surface area contributed by atoms with Crippen LogP contribution in [-0.4, -0.2) is 56.6 Å². The number of aromatic nitrogens is 3. The SMILES string of the molecule is CCC(=O)O[C@H]1[C@@H](O)[C@](C#N)(c2ccc3c(N)ncnn23)O[C@@H]1COC(=O)[C@@H](C)C(C)(C)C. The molecule has 1 aliphatic heterocycles. The molecule has 178 valence electrons. The number of anilines is 1. The number of rotatable bonds is 6. The third kappa shape index (κ3) is 4.36. The Balaban J connectivity index is 1.96.